The van der Waals surface area contributed by atoms with Crippen molar-refractivity contribution in [3.8, 4) is 0 Å². The molecule has 1 aromatic rings. The van der Waals surface area contributed by atoms with Crippen molar-refractivity contribution in [2.75, 3.05) is 24.7 Å². The molecule has 0 heterocycles. The Labute approximate surface area is 105 Å². The van der Waals surface area contributed by atoms with Gasteiger partial charge in [-0.25, -0.2) is 8.42 Å². The zero-order valence-corrected chi connectivity index (χ0v) is 11.1. The normalized spacial score (nSPS) is 11.3. The number of nitro groups is 1. The van der Waals surface area contributed by atoms with Gasteiger partial charge < -0.3 is 4.74 Å². The molecule has 18 heavy (non-hydrogen) atoms. The topological polar surface area (TPSA) is 89.8 Å². The van der Waals surface area contributed by atoms with E-state index < -0.39 is 14.9 Å². The first-order chi connectivity index (χ1) is 8.27. The summed E-state index contributed by atoms with van der Waals surface area (Å²) in [4.78, 5) is 10.3. The summed E-state index contributed by atoms with van der Waals surface area (Å²) >= 11 is 0. The number of ether oxygens (including phenoxy) is 1. The molecule has 1 aromatic carbocycles. The fraction of sp³-hybridized carbons (Fsp3) is 0.400. The molecule has 100 valence electrons. The van der Waals surface area contributed by atoms with Crippen LogP contribution in [0.3, 0.4) is 0 Å². The molecule has 8 heteroatoms. The Morgan fingerprint density at radius 1 is 1.44 bits per heavy atom. The smallest absolute Gasteiger partial charge is 0.293 e. The Morgan fingerprint density at radius 2 is 2.06 bits per heavy atom. The van der Waals surface area contributed by atoms with Crippen LogP contribution in [0.5, 0.6) is 0 Å². The molecule has 1 rings (SSSR count). The second kappa shape index (κ2) is 5.32. The molecule has 0 fully saturated rings. The minimum absolute atomic E-state index is 0.0250. The quantitative estimate of drug-likeness (QED) is 0.593. The molecule has 0 aromatic heterocycles. The molecule has 0 unspecified atom stereocenters. The third-order valence-corrected chi connectivity index (χ3v) is 3.58. The molecule has 7 nitrogen and oxygen atoms in total. The number of hydrogen-bond acceptors (Lipinski definition) is 5. The van der Waals surface area contributed by atoms with E-state index >= 15 is 0 Å². The summed E-state index contributed by atoms with van der Waals surface area (Å²) in [6, 6.07) is 4.23. The third-order valence-electron chi connectivity index (χ3n) is 2.38. The second-order valence-electron chi connectivity index (χ2n) is 3.74. The molecule has 0 saturated carbocycles. The molecular formula is C10H14N2O5S. The average molecular weight is 274 g/mol. The van der Waals surface area contributed by atoms with Gasteiger partial charge in [-0.2, -0.15) is 0 Å². The lowest BCUT2D eigenvalue weighted by Gasteiger charge is -2.17. The molecule has 0 aliphatic rings. The largest absolute Gasteiger partial charge is 0.380 e. The van der Waals surface area contributed by atoms with Crippen LogP contribution in [0, 0.1) is 10.1 Å². The van der Waals surface area contributed by atoms with Crippen molar-refractivity contribution in [3.05, 3.63) is 33.9 Å². The summed E-state index contributed by atoms with van der Waals surface area (Å²) in [5, 5.41) is 10.9. The number of nitro benzene ring substituents is 1. The molecule has 0 spiro atoms. The SMILES string of the molecule is COCc1ccc([N+](=O)[O-])c(N(C)S(C)(=O)=O)c1. The van der Waals surface area contributed by atoms with Gasteiger partial charge in [0.05, 0.1) is 17.8 Å². The maximum absolute atomic E-state index is 11.4. The Balaban J connectivity index is 3.36. The number of rotatable bonds is 5. The van der Waals surface area contributed by atoms with Gasteiger partial charge in [0.2, 0.25) is 10.0 Å². The molecular weight excluding hydrogens is 260 g/mol. The monoisotopic (exact) mass is 274 g/mol. The predicted octanol–water partition coefficient (Wildman–Crippen LogP) is 1.14. The Bertz CT molecular complexity index is 555. The van der Waals surface area contributed by atoms with Crippen molar-refractivity contribution in [3.63, 3.8) is 0 Å². The maximum atomic E-state index is 11.4. The van der Waals surface area contributed by atoms with E-state index in [2.05, 4.69) is 0 Å². The van der Waals surface area contributed by atoms with E-state index in [0.717, 1.165) is 10.6 Å². The van der Waals surface area contributed by atoms with E-state index in [-0.39, 0.29) is 18.0 Å². The van der Waals surface area contributed by atoms with Gasteiger partial charge in [-0.15, -0.1) is 0 Å². The minimum atomic E-state index is -3.56. The van der Waals surface area contributed by atoms with Crippen LogP contribution in [0.25, 0.3) is 0 Å². The van der Waals surface area contributed by atoms with Crippen molar-refractivity contribution in [2.45, 2.75) is 6.61 Å². The standard InChI is InChI=1S/C10H14N2O5S/c1-11(18(3,15)16)10-6-8(7-17-2)4-5-9(10)12(13)14/h4-6H,7H2,1-3H3. The number of nitrogens with zero attached hydrogens (tertiary/aromatic N) is 2. The summed E-state index contributed by atoms with van der Waals surface area (Å²) in [7, 11) is -0.796. The van der Waals surface area contributed by atoms with Gasteiger partial charge in [-0.3, -0.25) is 14.4 Å². The lowest BCUT2D eigenvalue weighted by Crippen LogP contribution is -2.25. The van der Waals surface area contributed by atoms with Crippen LogP contribution >= 0.6 is 0 Å². The van der Waals surface area contributed by atoms with E-state index in [4.69, 9.17) is 4.74 Å². The van der Waals surface area contributed by atoms with Crippen LogP contribution in [0.2, 0.25) is 0 Å². The van der Waals surface area contributed by atoms with Crippen LogP contribution in [0.15, 0.2) is 18.2 Å². The number of anilines is 1. The van der Waals surface area contributed by atoms with Crippen molar-refractivity contribution >= 4 is 21.4 Å². The van der Waals surface area contributed by atoms with Crippen LogP contribution < -0.4 is 4.31 Å². The molecule has 0 bridgehead atoms. The Hall–Kier alpha value is -1.67. The van der Waals surface area contributed by atoms with Gasteiger partial charge in [0.1, 0.15) is 5.69 Å². The van der Waals surface area contributed by atoms with Crippen LogP contribution in [-0.4, -0.2) is 33.8 Å². The van der Waals surface area contributed by atoms with Gasteiger partial charge in [0.25, 0.3) is 5.69 Å². The molecule has 0 radical (unpaired) electrons. The van der Waals surface area contributed by atoms with E-state index in [0.29, 0.717) is 5.56 Å². The predicted molar refractivity (Wildman–Crippen MR) is 67.1 cm³/mol. The van der Waals surface area contributed by atoms with Gasteiger partial charge in [-0.05, 0) is 17.7 Å². The Morgan fingerprint density at radius 3 is 2.50 bits per heavy atom. The fourth-order valence-corrected chi connectivity index (χ4v) is 1.91. The summed E-state index contributed by atoms with van der Waals surface area (Å²) in [5.74, 6) is 0. The molecule has 0 aliphatic heterocycles. The average Bonchev–Trinajstić information content (AvgIpc) is 2.26. The molecule has 0 aliphatic carbocycles. The van der Waals surface area contributed by atoms with Gasteiger partial charge >= 0.3 is 0 Å². The van der Waals surface area contributed by atoms with Crippen LogP contribution in [0.1, 0.15) is 5.56 Å². The van der Waals surface area contributed by atoms with Gasteiger partial charge in [-0.1, -0.05) is 0 Å². The van der Waals surface area contributed by atoms with E-state index in [1.807, 2.05) is 0 Å². The Kier molecular flexibility index (Phi) is 4.25. The summed E-state index contributed by atoms with van der Waals surface area (Å²) < 4.78 is 28.7. The lowest BCUT2D eigenvalue weighted by molar-refractivity contribution is -0.384. The molecule has 0 amide bonds. The third kappa shape index (κ3) is 3.17. The molecule has 0 atom stereocenters. The highest BCUT2D eigenvalue weighted by Gasteiger charge is 2.22. The van der Waals surface area contributed by atoms with Crippen molar-refractivity contribution in [1.82, 2.24) is 0 Å². The number of hydrogen-bond donors (Lipinski definition) is 0. The van der Waals surface area contributed by atoms with Crippen LogP contribution in [-0.2, 0) is 21.4 Å². The van der Waals surface area contributed by atoms with Gasteiger partial charge in [0.15, 0.2) is 0 Å². The zero-order chi connectivity index (χ0) is 13.9. The highest BCUT2D eigenvalue weighted by atomic mass is 32.2. The first-order valence-electron chi connectivity index (χ1n) is 4.97. The summed E-state index contributed by atoms with van der Waals surface area (Å²) in [6.45, 7) is 0.253. The fourth-order valence-electron chi connectivity index (χ4n) is 1.41. The summed E-state index contributed by atoms with van der Waals surface area (Å²) in [5.41, 5.74) is 0.424. The molecule has 0 N–H and O–H groups in total. The lowest BCUT2D eigenvalue weighted by atomic mass is 10.2. The van der Waals surface area contributed by atoms with Gasteiger partial charge in [0, 0.05) is 20.2 Å². The second-order valence-corrected chi connectivity index (χ2v) is 5.76. The number of methoxy groups -OCH3 is 1. The first-order valence-corrected chi connectivity index (χ1v) is 6.82. The van der Waals surface area contributed by atoms with Crippen molar-refractivity contribution < 1.29 is 18.1 Å². The minimum Gasteiger partial charge on any atom is -0.380 e. The first kappa shape index (κ1) is 14.4. The van der Waals surface area contributed by atoms with Crippen LogP contribution in [0.4, 0.5) is 11.4 Å². The number of sulfonamides is 1. The molecule has 0 saturated heterocycles. The number of benzene rings is 1. The van der Waals surface area contributed by atoms with E-state index in [1.54, 1.807) is 0 Å². The highest BCUT2D eigenvalue weighted by molar-refractivity contribution is 7.92. The summed E-state index contributed by atoms with van der Waals surface area (Å²) in [6.07, 6.45) is 0.986. The maximum Gasteiger partial charge on any atom is 0.293 e. The zero-order valence-electron chi connectivity index (χ0n) is 10.3. The van der Waals surface area contributed by atoms with E-state index in [9.17, 15) is 18.5 Å². The van der Waals surface area contributed by atoms with Crippen molar-refractivity contribution in [2.24, 2.45) is 0 Å². The van der Waals surface area contributed by atoms with Crippen molar-refractivity contribution in [1.29, 1.82) is 0 Å². The highest BCUT2D eigenvalue weighted by Crippen LogP contribution is 2.30. The van der Waals surface area contributed by atoms with E-state index in [1.165, 1.54) is 32.4 Å².